The van der Waals surface area contributed by atoms with E-state index in [0.29, 0.717) is 5.56 Å². The summed E-state index contributed by atoms with van der Waals surface area (Å²) in [7, 11) is 0. The van der Waals surface area contributed by atoms with Gasteiger partial charge in [-0.3, -0.25) is 4.79 Å². The minimum atomic E-state index is -0.536. The maximum atomic E-state index is 13.2. The molecule has 0 amide bonds. The molecule has 0 aliphatic heterocycles. The van der Waals surface area contributed by atoms with E-state index < -0.39 is 5.82 Å². The van der Waals surface area contributed by atoms with Crippen LogP contribution in [0.3, 0.4) is 0 Å². The first-order valence-electron chi connectivity index (χ1n) is 3.80. The van der Waals surface area contributed by atoms with E-state index in [1.807, 2.05) is 0 Å². The molecule has 0 spiro atoms. The maximum Gasteiger partial charge on any atom is 0.150 e. The van der Waals surface area contributed by atoms with Crippen LogP contribution < -0.4 is 5.73 Å². The minimum absolute atomic E-state index is 0.00287. The van der Waals surface area contributed by atoms with E-state index in [1.165, 1.54) is 12.1 Å². The van der Waals surface area contributed by atoms with Crippen molar-refractivity contribution in [3.63, 3.8) is 0 Å². The van der Waals surface area contributed by atoms with Crippen LogP contribution in [0.15, 0.2) is 18.2 Å². The Bertz CT molecular complexity index is 327. The van der Waals surface area contributed by atoms with Crippen LogP contribution in [0.5, 0.6) is 0 Å². The molecule has 1 aromatic carbocycles. The van der Waals surface area contributed by atoms with Crippen LogP contribution in [0.4, 0.5) is 4.39 Å². The second-order valence-corrected chi connectivity index (χ2v) is 3.04. The topological polar surface area (TPSA) is 43.1 Å². The normalized spacial score (nSPS) is 10.1. The van der Waals surface area contributed by atoms with Crippen molar-refractivity contribution in [2.45, 2.75) is 6.42 Å². The first-order valence-corrected chi connectivity index (χ1v) is 4.17. The van der Waals surface area contributed by atoms with Gasteiger partial charge >= 0.3 is 0 Å². The zero-order chi connectivity index (χ0) is 9.84. The van der Waals surface area contributed by atoms with Gasteiger partial charge in [0, 0.05) is 6.42 Å². The van der Waals surface area contributed by atoms with Crippen LogP contribution in [-0.2, 0) is 11.2 Å². The summed E-state index contributed by atoms with van der Waals surface area (Å²) in [6.45, 7) is -0.0774. The van der Waals surface area contributed by atoms with Gasteiger partial charge in [0.1, 0.15) is 5.82 Å². The maximum absolute atomic E-state index is 13.2. The predicted octanol–water partition coefficient (Wildman–Crippen LogP) is 1.55. The molecule has 0 heterocycles. The highest BCUT2D eigenvalue weighted by atomic mass is 35.5. The van der Waals surface area contributed by atoms with Gasteiger partial charge in [-0.15, -0.1) is 0 Å². The number of carbonyl (C=O) groups excluding carboxylic acids is 1. The molecule has 0 bridgehead atoms. The number of halogens is 2. The second-order valence-electron chi connectivity index (χ2n) is 2.63. The molecule has 13 heavy (non-hydrogen) atoms. The van der Waals surface area contributed by atoms with Crippen molar-refractivity contribution in [3.05, 3.63) is 34.6 Å². The summed E-state index contributed by atoms with van der Waals surface area (Å²) in [6.07, 6.45) is 0.00287. The van der Waals surface area contributed by atoms with E-state index in [0.717, 1.165) is 0 Å². The van der Waals surface area contributed by atoms with Gasteiger partial charge in [0.25, 0.3) is 0 Å². The molecule has 0 aromatic heterocycles. The molecule has 2 nitrogen and oxygen atoms in total. The van der Waals surface area contributed by atoms with Crippen LogP contribution in [0.1, 0.15) is 5.56 Å². The van der Waals surface area contributed by atoms with Gasteiger partial charge in [0.2, 0.25) is 0 Å². The molecule has 1 aromatic rings. The van der Waals surface area contributed by atoms with E-state index in [1.54, 1.807) is 6.07 Å². The van der Waals surface area contributed by atoms with Crippen molar-refractivity contribution >= 4 is 17.4 Å². The van der Waals surface area contributed by atoms with Gasteiger partial charge < -0.3 is 5.73 Å². The van der Waals surface area contributed by atoms with Crippen molar-refractivity contribution in [1.29, 1.82) is 0 Å². The lowest BCUT2D eigenvalue weighted by atomic mass is 10.1. The highest BCUT2D eigenvalue weighted by molar-refractivity contribution is 6.30. The number of ketones is 1. The number of nitrogens with two attached hydrogens (primary N) is 1. The third kappa shape index (κ3) is 2.50. The van der Waals surface area contributed by atoms with Gasteiger partial charge in [-0.05, 0) is 11.6 Å². The molecule has 0 unspecified atom stereocenters. The van der Waals surface area contributed by atoms with Crippen LogP contribution in [-0.4, -0.2) is 12.3 Å². The highest BCUT2D eigenvalue weighted by Gasteiger charge is 2.08. The minimum Gasteiger partial charge on any atom is -0.324 e. The lowest BCUT2D eigenvalue weighted by molar-refractivity contribution is -0.117. The summed E-state index contributed by atoms with van der Waals surface area (Å²) in [5, 5.41) is 0.0299. The van der Waals surface area contributed by atoms with Gasteiger partial charge in [0.15, 0.2) is 5.78 Å². The summed E-state index contributed by atoms with van der Waals surface area (Å²) in [6, 6.07) is 4.56. The molecule has 0 saturated heterocycles. The van der Waals surface area contributed by atoms with E-state index in [9.17, 15) is 9.18 Å². The summed E-state index contributed by atoms with van der Waals surface area (Å²) < 4.78 is 13.2. The van der Waals surface area contributed by atoms with E-state index in [2.05, 4.69) is 0 Å². The Hall–Kier alpha value is -0.930. The van der Waals surface area contributed by atoms with Crippen molar-refractivity contribution in [3.8, 4) is 0 Å². The largest absolute Gasteiger partial charge is 0.324 e. The van der Waals surface area contributed by atoms with Gasteiger partial charge in [0.05, 0.1) is 11.6 Å². The molecular weight excluding hydrogens is 193 g/mol. The van der Waals surface area contributed by atoms with Gasteiger partial charge in [-0.25, -0.2) is 4.39 Å². The fourth-order valence-corrected chi connectivity index (χ4v) is 1.16. The molecule has 0 aliphatic rings. The molecule has 70 valence electrons. The van der Waals surface area contributed by atoms with E-state index in [-0.39, 0.29) is 23.8 Å². The molecule has 0 saturated carbocycles. The molecular formula is C9H9ClFNO. The van der Waals surface area contributed by atoms with Gasteiger partial charge in [-0.1, -0.05) is 23.7 Å². The molecule has 0 atom stereocenters. The number of Topliss-reactive ketones (excluding diaryl/α,β-unsaturated/α-hetero) is 1. The van der Waals surface area contributed by atoms with Crippen LogP contribution in [0.2, 0.25) is 5.02 Å². The molecule has 4 heteroatoms. The Morgan fingerprint density at radius 2 is 2.23 bits per heavy atom. The summed E-state index contributed by atoms with van der Waals surface area (Å²) in [5.74, 6) is -0.743. The van der Waals surface area contributed by atoms with Crippen LogP contribution >= 0.6 is 11.6 Å². The molecule has 1 rings (SSSR count). The smallest absolute Gasteiger partial charge is 0.150 e. The highest BCUT2D eigenvalue weighted by Crippen LogP contribution is 2.18. The first-order chi connectivity index (χ1) is 6.15. The first kappa shape index (κ1) is 10.2. The summed E-state index contributed by atoms with van der Waals surface area (Å²) >= 11 is 5.52. The number of hydrogen-bond acceptors (Lipinski definition) is 2. The van der Waals surface area contributed by atoms with E-state index in [4.69, 9.17) is 17.3 Å². The Morgan fingerprint density at radius 1 is 1.54 bits per heavy atom. The number of benzene rings is 1. The number of carbonyl (C=O) groups is 1. The Labute approximate surface area is 80.5 Å². The lowest BCUT2D eigenvalue weighted by Gasteiger charge is -2.01. The monoisotopic (exact) mass is 201 g/mol. The fourth-order valence-electron chi connectivity index (χ4n) is 0.970. The van der Waals surface area contributed by atoms with E-state index >= 15 is 0 Å². The Kier molecular flexibility index (Phi) is 3.39. The predicted molar refractivity (Wildman–Crippen MR) is 49.2 cm³/mol. The van der Waals surface area contributed by atoms with Crippen molar-refractivity contribution < 1.29 is 9.18 Å². The third-order valence-corrected chi connectivity index (χ3v) is 1.94. The summed E-state index contributed by atoms with van der Waals surface area (Å²) in [5.41, 5.74) is 5.40. The SMILES string of the molecule is NCC(=O)Cc1cccc(Cl)c1F. The van der Waals surface area contributed by atoms with Crippen LogP contribution in [0, 0.1) is 5.82 Å². The second kappa shape index (κ2) is 4.35. The van der Waals surface area contributed by atoms with Crippen molar-refractivity contribution in [2.75, 3.05) is 6.54 Å². The molecule has 2 N–H and O–H groups in total. The zero-order valence-electron chi connectivity index (χ0n) is 6.89. The Balaban J connectivity index is 2.89. The third-order valence-electron chi connectivity index (χ3n) is 1.65. The lowest BCUT2D eigenvalue weighted by Crippen LogP contribution is -2.16. The quantitative estimate of drug-likeness (QED) is 0.807. The molecule has 0 radical (unpaired) electrons. The average molecular weight is 202 g/mol. The van der Waals surface area contributed by atoms with Crippen LogP contribution in [0.25, 0.3) is 0 Å². The fraction of sp³-hybridized carbons (Fsp3) is 0.222. The number of rotatable bonds is 3. The zero-order valence-corrected chi connectivity index (χ0v) is 7.64. The molecule has 0 aliphatic carbocycles. The number of hydrogen-bond donors (Lipinski definition) is 1. The van der Waals surface area contributed by atoms with Crippen molar-refractivity contribution in [1.82, 2.24) is 0 Å². The Morgan fingerprint density at radius 3 is 2.85 bits per heavy atom. The standard InChI is InChI=1S/C9H9ClFNO/c10-8-3-1-2-6(9(8)11)4-7(13)5-12/h1-3H,4-5,12H2. The molecule has 0 fully saturated rings. The van der Waals surface area contributed by atoms with Crippen molar-refractivity contribution in [2.24, 2.45) is 5.73 Å². The average Bonchev–Trinajstić information content (AvgIpc) is 2.13. The van der Waals surface area contributed by atoms with Gasteiger partial charge in [-0.2, -0.15) is 0 Å². The summed E-state index contributed by atoms with van der Waals surface area (Å²) in [4.78, 5) is 10.9.